The number of hydrogen-bond donors (Lipinski definition) is 0. The predicted octanol–water partition coefficient (Wildman–Crippen LogP) is 0.502. The maximum atomic E-state index is 11.1. The molecule has 2 rings (SSSR count). The number of rotatable bonds is 0. The second-order valence-corrected chi connectivity index (χ2v) is 5.02. The fourth-order valence-electron chi connectivity index (χ4n) is 1.54. The normalized spacial score (nSPS) is 44.0. The molecule has 2 aliphatic heterocycles. The quantitative estimate of drug-likeness (QED) is 0.464. The van der Waals surface area contributed by atoms with Crippen LogP contribution in [0.3, 0.4) is 0 Å². The first-order valence-electron chi connectivity index (χ1n) is 3.12. The Kier molecular flexibility index (Phi) is 0.850. The summed E-state index contributed by atoms with van der Waals surface area (Å²) in [7, 11) is -2.70. The third-order valence-electron chi connectivity index (χ3n) is 2.12. The smallest absolute Gasteiger partial charge is 0.163 e. The Hall–Kier alpha value is -0.310. The van der Waals surface area contributed by atoms with E-state index in [4.69, 9.17) is 0 Å². The molecule has 0 saturated carbocycles. The van der Waals surface area contributed by atoms with Gasteiger partial charge in [-0.05, 0) is 12.8 Å². The molecule has 3 heteroatoms. The highest BCUT2D eigenvalue weighted by molar-refractivity contribution is 7.93. The van der Waals surface area contributed by atoms with Crippen LogP contribution in [0.5, 0.6) is 0 Å². The molecular weight excluding hydrogens is 136 g/mol. The summed E-state index contributed by atoms with van der Waals surface area (Å²) >= 11 is 0. The molecule has 0 spiro atoms. The van der Waals surface area contributed by atoms with Gasteiger partial charge in [0, 0.05) is 0 Å². The van der Waals surface area contributed by atoms with Gasteiger partial charge in [-0.1, -0.05) is 12.2 Å². The molecule has 0 aromatic carbocycles. The lowest BCUT2D eigenvalue weighted by Crippen LogP contribution is -2.12. The lowest BCUT2D eigenvalue weighted by Gasteiger charge is -1.95. The Morgan fingerprint density at radius 2 is 1.56 bits per heavy atom. The van der Waals surface area contributed by atoms with Crippen molar-refractivity contribution in [3.63, 3.8) is 0 Å². The maximum absolute atomic E-state index is 11.1. The van der Waals surface area contributed by atoms with E-state index in [0.29, 0.717) is 0 Å². The Bertz CT molecular complexity index is 230. The first-order valence-corrected chi connectivity index (χ1v) is 4.73. The maximum Gasteiger partial charge on any atom is 0.163 e. The molecule has 9 heavy (non-hydrogen) atoms. The lowest BCUT2D eigenvalue weighted by molar-refractivity contribution is 0.595. The zero-order chi connectivity index (χ0) is 6.48. The molecule has 0 aromatic heterocycles. The highest BCUT2D eigenvalue weighted by Crippen LogP contribution is 2.34. The van der Waals surface area contributed by atoms with E-state index in [2.05, 4.69) is 0 Å². The van der Waals surface area contributed by atoms with Crippen molar-refractivity contribution in [2.45, 2.75) is 23.3 Å². The van der Waals surface area contributed by atoms with Gasteiger partial charge in [0.2, 0.25) is 0 Å². The van der Waals surface area contributed by atoms with E-state index < -0.39 is 9.84 Å². The van der Waals surface area contributed by atoms with Gasteiger partial charge in [-0.2, -0.15) is 0 Å². The molecule has 0 aromatic rings. The Balaban J connectivity index is 2.58. The average molecular weight is 144 g/mol. The van der Waals surface area contributed by atoms with Crippen LogP contribution in [-0.4, -0.2) is 18.9 Å². The van der Waals surface area contributed by atoms with Crippen LogP contribution in [0.2, 0.25) is 0 Å². The third-order valence-corrected chi connectivity index (χ3v) is 4.59. The zero-order valence-electron chi connectivity index (χ0n) is 4.95. The first-order chi connectivity index (χ1) is 4.21. The van der Waals surface area contributed by atoms with Crippen LogP contribution in [0.25, 0.3) is 0 Å². The standard InChI is InChI=1S/C6H8O2S/c7-9(8)5-1-2-6(9)4-3-5/h1-2,5-6H,3-4H2. The van der Waals surface area contributed by atoms with Gasteiger partial charge in [-0.25, -0.2) is 8.42 Å². The van der Waals surface area contributed by atoms with Crippen molar-refractivity contribution < 1.29 is 8.42 Å². The molecule has 2 aliphatic rings. The molecule has 50 valence electrons. The summed E-state index contributed by atoms with van der Waals surface area (Å²) in [5.74, 6) is 0. The summed E-state index contributed by atoms with van der Waals surface area (Å²) in [4.78, 5) is 0. The molecule has 2 heterocycles. The SMILES string of the molecule is O=S1(=O)C2C=CC1CC2. The molecule has 2 bridgehead atoms. The molecule has 0 amide bonds. The number of sulfone groups is 1. The Labute approximate surface area is 54.5 Å². The van der Waals surface area contributed by atoms with Crippen molar-refractivity contribution in [3.8, 4) is 0 Å². The van der Waals surface area contributed by atoms with Crippen LogP contribution in [0.15, 0.2) is 12.2 Å². The van der Waals surface area contributed by atoms with E-state index in [1.807, 2.05) is 12.2 Å². The van der Waals surface area contributed by atoms with Gasteiger partial charge in [0.25, 0.3) is 0 Å². The second kappa shape index (κ2) is 1.40. The van der Waals surface area contributed by atoms with Gasteiger partial charge in [0.15, 0.2) is 9.84 Å². The van der Waals surface area contributed by atoms with E-state index in [9.17, 15) is 8.42 Å². The van der Waals surface area contributed by atoms with Crippen LogP contribution in [0.1, 0.15) is 12.8 Å². The van der Waals surface area contributed by atoms with Crippen LogP contribution in [0.4, 0.5) is 0 Å². The average Bonchev–Trinajstić information content (AvgIpc) is 2.24. The number of hydrogen-bond acceptors (Lipinski definition) is 2. The zero-order valence-corrected chi connectivity index (χ0v) is 5.76. The summed E-state index contributed by atoms with van der Waals surface area (Å²) in [6.45, 7) is 0. The highest BCUT2D eigenvalue weighted by atomic mass is 32.2. The van der Waals surface area contributed by atoms with Crippen molar-refractivity contribution in [2.24, 2.45) is 0 Å². The highest BCUT2D eigenvalue weighted by Gasteiger charge is 2.41. The molecule has 0 N–H and O–H groups in total. The van der Waals surface area contributed by atoms with Gasteiger partial charge >= 0.3 is 0 Å². The van der Waals surface area contributed by atoms with Gasteiger partial charge in [0.05, 0.1) is 10.5 Å². The van der Waals surface area contributed by atoms with Crippen LogP contribution >= 0.6 is 0 Å². The lowest BCUT2D eigenvalue weighted by atomic mass is 10.1. The van der Waals surface area contributed by atoms with E-state index in [1.165, 1.54) is 0 Å². The first kappa shape index (κ1) is 5.47. The summed E-state index contributed by atoms with van der Waals surface area (Å²) < 4.78 is 22.2. The molecule has 2 nitrogen and oxygen atoms in total. The fourth-order valence-corrected chi connectivity index (χ4v) is 3.54. The summed E-state index contributed by atoms with van der Waals surface area (Å²) in [5.41, 5.74) is 0. The van der Waals surface area contributed by atoms with Crippen molar-refractivity contribution in [3.05, 3.63) is 12.2 Å². The van der Waals surface area contributed by atoms with E-state index in [-0.39, 0.29) is 10.5 Å². The topological polar surface area (TPSA) is 34.1 Å². The van der Waals surface area contributed by atoms with Crippen LogP contribution in [-0.2, 0) is 9.84 Å². The second-order valence-electron chi connectivity index (χ2n) is 2.63. The Morgan fingerprint density at radius 1 is 1.11 bits per heavy atom. The van der Waals surface area contributed by atoms with Crippen molar-refractivity contribution in [2.75, 3.05) is 0 Å². The predicted molar refractivity (Wildman–Crippen MR) is 34.9 cm³/mol. The van der Waals surface area contributed by atoms with Crippen LogP contribution < -0.4 is 0 Å². The fraction of sp³-hybridized carbons (Fsp3) is 0.667. The summed E-state index contributed by atoms with van der Waals surface area (Å²) in [6, 6.07) is 0. The van der Waals surface area contributed by atoms with E-state index in [0.717, 1.165) is 12.8 Å². The number of fused-ring (bicyclic) bond motifs is 2. The minimum Gasteiger partial charge on any atom is -0.228 e. The minimum atomic E-state index is -2.70. The Morgan fingerprint density at radius 3 is 1.67 bits per heavy atom. The monoisotopic (exact) mass is 144 g/mol. The molecule has 1 saturated heterocycles. The molecule has 2 atom stereocenters. The van der Waals surface area contributed by atoms with E-state index >= 15 is 0 Å². The summed E-state index contributed by atoms with van der Waals surface area (Å²) in [6.07, 6.45) is 5.35. The van der Waals surface area contributed by atoms with Gasteiger partial charge in [-0.3, -0.25) is 0 Å². The molecule has 0 radical (unpaired) electrons. The van der Waals surface area contributed by atoms with Crippen molar-refractivity contribution in [1.82, 2.24) is 0 Å². The molecule has 2 unspecified atom stereocenters. The van der Waals surface area contributed by atoms with Gasteiger partial charge in [-0.15, -0.1) is 0 Å². The summed E-state index contributed by atoms with van der Waals surface area (Å²) in [5, 5.41) is -0.245. The molecule has 1 fully saturated rings. The van der Waals surface area contributed by atoms with Gasteiger partial charge in [0.1, 0.15) is 0 Å². The van der Waals surface area contributed by atoms with Crippen LogP contribution in [0, 0.1) is 0 Å². The van der Waals surface area contributed by atoms with Crippen molar-refractivity contribution in [1.29, 1.82) is 0 Å². The minimum absolute atomic E-state index is 0.123. The van der Waals surface area contributed by atoms with E-state index in [1.54, 1.807) is 0 Å². The largest absolute Gasteiger partial charge is 0.228 e. The van der Waals surface area contributed by atoms with Crippen molar-refractivity contribution >= 4 is 9.84 Å². The molecular formula is C6H8O2S. The third kappa shape index (κ3) is 0.529. The van der Waals surface area contributed by atoms with Gasteiger partial charge < -0.3 is 0 Å². The molecule has 0 aliphatic carbocycles.